The molecule has 1 aliphatic rings. The largest absolute Gasteiger partial charge is 0.505 e. The number of anilines is 3. The number of nitrogens with one attached hydrogen (secondary N) is 1. The molecule has 1 amide bonds. The lowest BCUT2D eigenvalue weighted by Gasteiger charge is -2.17. The first kappa shape index (κ1) is 23.8. The van der Waals surface area contributed by atoms with Gasteiger partial charge in [0.1, 0.15) is 5.75 Å². The average Bonchev–Trinajstić information content (AvgIpc) is 3.18. The Labute approximate surface area is 214 Å². The number of hydrazone groups is 1. The Bertz CT molecular complexity index is 1550. The van der Waals surface area contributed by atoms with Gasteiger partial charge in [0.2, 0.25) is 0 Å². The van der Waals surface area contributed by atoms with Crippen molar-refractivity contribution in [2.75, 3.05) is 17.4 Å². The molecule has 0 spiro atoms. The van der Waals surface area contributed by atoms with E-state index in [1.165, 1.54) is 12.0 Å². The molecule has 0 aromatic heterocycles. The monoisotopic (exact) mass is 491 g/mol. The molecule has 0 radical (unpaired) electrons. The second kappa shape index (κ2) is 9.62. The molecule has 2 N–H and O–H groups in total. The topological polar surface area (TPSA) is 91.2 Å². The van der Waals surface area contributed by atoms with Crippen LogP contribution in [0.3, 0.4) is 0 Å². The first-order valence-corrected chi connectivity index (χ1v) is 11.7. The number of hydrogen-bond acceptors (Lipinski definition) is 6. The SMILES string of the molecule is COC(=O)c1cccc(N2C(=O)C(=NNc3cccc(-c4cc(C)cc(C)c4)c3O)c3ccccc32)c1. The highest BCUT2D eigenvalue weighted by Crippen LogP contribution is 2.38. The van der Waals surface area contributed by atoms with Gasteiger partial charge >= 0.3 is 5.97 Å². The summed E-state index contributed by atoms with van der Waals surface area (Å²) in [5.74, 6) is -0.810. The van der Waals surface area contributed by atoms with Gasteiger partial charge in [-0.2, -0.15) is 5.10 Å². The van der Waals surface area contributed by atoms with Crippen molar-refractivity contribution in [2.24, 2.45) is 5.10 Å². The summed E-state index contributed by atoms with van der Waals surface area (Å²) in [6.07, 6.45) is 0. The molecule has 0 fully saturated rings. The van der Waals surface area contributed by atoms with Gasteiger partial charge in [0.15, 0.2) is 5.71 Å². The molecule has 0 atom stereocenters. The Balaban J connectivity index is 1.51. The molecule has 0 aliphatic carbocycles. The lowest BCUT2D eigenvalue weighted by molar-refractivity contribution is -0.111. The smallest absolute Gasteiger partial charge is 0.337 e. The third kappa shape index (κ3) is 4.43. The van der Waals surface area contributed by atoms with Crippen molar-refractivity contribution in [2.45, 2.75) is 13.8 Å². The number of esters is 1. The van der Waals surface area contributed by atoms with E-state index in [1.807, 2.05) is 62.4 Å². The zero-order valence-electron chi connectivity index (χ0n) is 20.6. The van der Waals surface area contributed by atoms with Crippen molar-refractivity contribution in [3.05, 3.63) is 107 Å². The summed E-state index contributed by atoms with van der Waals surface area (Å²) >= 11 is 0. The number of hydrogen-bond donors (Lipinski definition) is 2. The van der Waals surface area contributed by atoms with Crippen molar-refractivity contribution in [1.82, 2.24) is 0 Å². The molecular formula is C30H25N3O4. The number of aryl methyl sites for hydroxylation is 2. The van der Waals surface area contributed by atoms with E-state index in [0.717, 1.165) is 16.7 Å². The van der Waals surface area contributed by atoms with Crippen molar-refractivity contribution < 1.29 is 19.4 Å². The second-order valence-corrected chi connectivity index (χ2v) is 8.85. The third-order valence-corrected chi connectivity index (χ3v) is 6.19. The molecule has 4 aromatic carbocycles. The van der Waals surface area contributed by atoms with E-state index in [-0.39, 0.29) is 17.4 Å². The number of fused-ring (bicyclic) bond motifs is 1. The van der Waals surface area contributed by atoms with E-state index in [4.69, 9.17) is 4.74 Å². The van der Waals surface area contributed by atoms with Crippen LogP contribution in [-0.2, 0) is 9.53 Å². The fraction of sp³-hybridized carbons (Fsp3) is 0.100. The lowest BCUT2D eigenvalue weighted by Crippen LogP contribution is -2.26. The summed E-state index contributed by atoms with van der Waals surface area (Å²) in [5, 5.41) is 15.4. The molecule has 1 heterocycles. The maximum atomic E-state index is 13.6. The van der Waals surface area contributed by atoms with Crippen molar-refractivity contribution in [3.8, 4) is 16.9 Å². The molecule has 0 saturated heterocycles. The maximum absolute atomic E-state index is 13.6. The van der Waals surface area contributed by atoms with Gasteiger partial charge in [-0.3, -0.25) is 15.1 Å². The quantitative estimate of drug-likeness (QED) is 0.204. The standard InChI is InChI=1S/C30H25N3O4/c1-18-14-19(2)16-21(15-18)23-11-7-12-25(28(23)34)31-32-27-24-10-4-5-13-26(24)33(29(27)35)22-9-6-8-20(17-22)30(36)37-3/h4-17,31,34H,1-3H3. The minimum absolute atomic E-state index is 0.0400. The van der Waals surface area contributed by atoms with Crippen molar-refractivity contribution >= 4 is 34.7 Å². The fourth-order valence-electron chi connectivity index (χ4n) is 4.57. The van der Waals surface area contributed by atoms with E-state index in [1.54, 1.807) is 30.3 Å². The predicted octanol–water partition coefficient (Wildman–Crippen LogP) is 5.96. The number of rotatable bonds is 5. The molecular weight excluding hydrogens is 466 g/mol. The number of methoxy groups -OCH3 is 1. The van der Waals surface area contributed by atoms with Crippen LogP contribution < -0.4 is 10.3 Å². The Morgan fingerprint density at radius 3 is 2.35 bits per heavy atom. The number of benzene rings is 4. The van der Waals surface area contributed by atoms with Gasteiger partial charge in [-0.15, -0.1) is 0 Å². The zero-order valence-corrected chi connectivity index (χ0v) is 20.6. The molecule has 7 heteroatoms. The highest BCUT2D eigenvalue weighted by Gasteiger charge is 2.35. The number of para-hydroxylation sites is 2. The normalized spacial score (nSPS) is 13.5. The van der Waals surface area contributed by atoms with Crippen LogP contribution in [0.1, 0.15) is 27.0 Å². The Kier molecular flexibility index (Phi) is 6.19. The number of phenolic OH excluding ortho intramolecular Hbond substituents is 1. The molecule has 0 bridgehead atoms. The minimum atomic E-state index is -0.489. The fourth-order valence-corrected chi connectivity index (χ4v) is 4.57. The molecule has 7 nitrogen and oxygen atoms in total. The first-order valence-electron chi connectivity index (χ1n) is 11.7. The predicted molar refractivity (Wildman–Crippen MR) is 145 cm³/mol. The molecule has 5 rings (SSSR count). The summed E-state index contributed by atoms with van der Waals surface area (Å²) in [6.45, 7) is 4.02. The summed E-state index contributed by atoms with van der Waals surface area (Å²) < 4.78 is 4.82. The number of phenols is 1. The van der Waals surface area contributed by atoms with Gasteiger partial charge in [-0.25, -0.2) is 4.79 Å². The summed E-state index contributed by atoms with van der Waals surface area (Å²) in [6, 6.07) is 25.4. The van der Waals surface area contributed by atoms with Gasteiger partial charge in [0.25, 0.3) is 5.91 Å². The minimum Gasteiger partial charge on any atom is -0.505 e. The van der Waals surface area contributed by atoms with E-state index in [2.05, 4.69) is 16.6 Å². The van der Waals surface area contributed by atoms with Gasteiger partial charge in [0, 0.05) is 11.1 Å². The van der Waals surface area contributed by atoms with E-state index in [0.29, 0.717) is 33.8 Å². The molecule has 0 unspecified atom stereocenters. The molecule has 1 aliphatic heterocycles. The average molecular weight is 492 g/mol. The van der Waals surface area contributed by atoms with E-state index < -0.39 is 5.97 Å². The van der Waals surface area contributed by atoms with Crippen molar-refractivity contribution in [3.63, 3.8) is 0 Å². The van der Waals surface area contributed by atoms with E-state index in [9.17, 15) is 14.7 Å². The van der Waals surface area contributed by atoms with Crippen LogP contribution in [0.2, 0.25) is 0 Å². The van der Waals surface area contributed by atoms with Crippen LogP contribution >= 0.6 is 0 Å². The van der Waals surface area contributed by atoms with Crippen molar-refractivity contribution in [1.29, 1.82) is 0 Å². The number of nitrogens with zero attached hydrogens (tertiary/aromatic N) is 2. The number of carbonyl (C=O) groups is 2. The molecule has 184 valence electrons. The number of ether oxygens (including phenoxy) is 1. The maximum Gasteiger partial charge on any atom is 0.337 e. The summed E-state index contributed by atoms with van der Waals surface area (Å²) in [5.41, 5.74) is 9.33. The Morgan fingerprint density at radius 1 is 0.892 bits per heavy atom. The molecule has 37 heavy (non-hydrogen) atoms. The second-order valence-electron chi connectivity index (χ2n) is 8.85. The highest BCUT2D eigenvalue weighted by molar-refractivity contribution is 6.55. The number of carbonyl (C=O) groups excluding carboxylic acids is 2. The van der Waals surface area contributed by atoms with Gasteiger partial charge in [0.05, 0.1) is 29.7 Å². The van der Waals surface area contributed by atoms with Crippen LogP contribution in [0.5, 0.6) is 5.75 Å². The zero-order chi connectivity index (χ0) is 26.1. The Morgan fingerprint density at radius 2 is 1.59 bits per heavy atom. The molecule has 0 saturated carbocycles. The van der Waals surface area contributed by atoms with Gasteiger partial charge < -0.3 is 9.84 Å². The Hall–Kier alpha value is -4.91. The van der Waals surface area contributed by atoms with Crippen LogP contribution in [0, 0.1) is 13.8 Å². The van der Waals surface area contributed by atoms with Crippen LogP contribution in [0.25, 0.3) is 11.1 Å². The molecule has 4 aromatic rings. The van der Waals surface area contributed by atoms with E-state index >= 15 is 0 Å². The first-order chi connectivity index (χ1) is 17.9. The van der Waals surface area contributed by atoms with Crippen LogP contribution in [0.15, 0.2) is 90.0 Å². The van der Waals surface area contributed by atoms with Crippen LogP contribution in [-0.4, -0.2) is 29.8 Å². The summed E-state index contributed by atoms with van der Waals surface area (Å²) in [4.78, 5) is 27.1. The lowest BCUT2D eigenvalue weighted by atomic mass is 9.99. The van der Waals surface area contributed by atoms with Gasteiger partial charge in [-0.05, 0) is 49.7 Å². The van der Waals surface area contributed by atoms with Gasteiger partial charge in [-0.1, -0.05) is 65.7 Å². The third-order valence-electron chi connectivity index (χ3n) is 6.19. The highest BCUT2D eigenvalue weighted by atomic mass is 16.5. The van der Waals surface area contributed by atoms with Crippen LogP contribution in [0.4, 0.5) is 17.1 Å². The number of amides is 1. The number of aromatic hydroxyl groups is 1. The summed E-state index contributed by atoms with van der Waals surface area (Å²) in [7, 11) is 1.31.